The van der Waals surface area contributed by atoms with Crippen molar-refractivity contribution in [1.82, 2.24) is 15.6 Å². The van der Waals surface area contributed by atoms with Gasteiger partial charge in [-0.15, -0.1) is 0 Å². The number of pyridine rings is 1. The van der Waals surface area contributed by atoms with Gasteiger partial charge in [0.1, 0.15) is 0 Å². The summed E-state index contributed by atoms with van der Waals surface area (Å²) in [5.74, 6) is 0.539. The molecule has 1 aromatic carbocycles. The summed E-state index contributed by atoms with van der Waals surface area (Å²) in [7, 11) is 0. The lowest BCUT2D eigenvalue weighted by atomic mass is 10.0. The monoisotopic (exact) mass is 297 g/mol. The number of carbonyl (C=O) groups excluding carboxylic acids is 1. The summed E-state index contributed by atoms with van der Waals surface area (Å²) in [4.78, 5) is 17.3. The molecule has 0 radical (unpaired) electrons. The second-order valence-electron chi connectivity index (χ2n) is 6.00. The maximum absolute atomic E-state index is 12.6. The van der Waals surface area contributed by atoms with Gasteiger partial charge in [0, 0.05) is 30.1 Å². The van der Waals surface area contributed by atoms with E-state index in [0.29, 0.717) is 12.5 Å². The van der Waals surface area contributed by atoms with Gasteiger partial charge in [0.25, 0.3) is 5.91 Å². The van der Waals surface area contributed by atoms with Crippen molar-refractivity contribution in [3.8, 4) is 0 Å². The van der Waals surface area contributed by atoms with Crippen molar-refractivity contribution in [2.75, 3.05) is 19.6 Å². The number of hydrogen-bond donors (Lipinski definition) is 2. The molecule has 1 saturated carbocycles. The quantitative estimate of drug-likeness (QED) is 0.806. The van der Waals surface area contributed by atoms with Gasteiger partial charge in [0.15, 0.2) is 0 Å². The Bertz CT molecular complexity index is 692. The number of aromatic nitrogens is 1. The van der Waals surface area contributed by atoms with Crippen molar-refractivity contribution in [2.24, 2.45) is 0 Å². The molecular formula is C18H23N3O. The largest absolute Gasteiger partial charge is 0.351 e. The van der Waals surface area contributed by atoms with Gasteiger partial charge in [-0.2, -0.15) is 0 Å². The number of carbonyl (C=O) groups is 1. The smallest absolute Gasteiger partial charge is 0.252 e. The zero-order valence-electron chi connectivity index (χ0n) is 13.3. The molecule has 0 unspecified atom stereocenters. The highest BCUT2D eigenvalue weighted by Gasteiger charge is 2.26. The van der Waals surface area contributed by atoms with Crippen LogP contribution in [0, 0.1) is 6.92 Å². The number of nitrogens with zero attached hydrogens (tertiary/aromatic N) is 1. The van der Waals surface area contributed by atoms with Crippen molar-refractivity contribution >= 4 is 16.8 Å². The molecule has 0 bridgehead atoms. The predicted octanol–water partition coefficient (Wildman–Crippen LogP) is 2.76. The first kappa shape index (κ1) is 15.0. The van der Waals surface area contributed by atoms with Crippen LogP contribution in [0.2, 0.25) is 0 Å². The van der Waals surface area contributed by atoms with Gasteiger partial charge < -0.3 is 10.6 Å². The Kier molecular flexibility index (Phi) is 4.39. The van der Waals surface area contributed by atoms with Gasteiger partial charge in [0.2, 0.25) is 0 Å². The first-order valence-corrected chi connectivity index (χ1v) is 8.09. The van der Waals surface area contributed by atoms with Crippen molar-refractivity contribution in [1.29, 1.82) is 0 Å². The van der Waals surface area contributed by atoms with Gasteiger partial charge in [-0.25, -0.2) is 0 Å². The summed E-state index contributed by atoms with van der Waals surface area (Å²) in [6.07, 6.45) is 2.37. The molecule has 4 nitrogen and oxygen atoms in total. The Hall–Kier alpha value is -1.94. The number of nitrogens with one attached hydrogen (secondary N) is 2. The van der Waals surface area contributed by atoms with Crippen LogP contribution in [0.25, 0.3) is 10.9 Å². The van der Waals surface area contributed by atoms with Crippen molar-refractivity contribution in [3.05, 3.63) is 41.1 Å². The molecule has 1 fully saturated rings. The van der Waals surface area contributed by atoms with E-state index in [4.69, 9.17) is 4.98 Å². The first-order valence-electron chi connectivity index (χ1n) is 8.09. The van der Waals surface area contributed by atoms with Crippen LogP contribution in [0.1, 0.15) is 47.3 Å². The van der Waals surface area contributed by atoms with E-state index in [0.717, 1.165) is 40.8 Å². The average Bonchev–Trinajstić information content (AvgIpc) is 3.35. The molecule has 1 aliphatic carbocycles. The normalized spacial score (nSPS) is 14.3. The highest BCUT2D eigenvalue weighted by molar-refractivity contribution is 6.06. The highest BCUT2D eigenvalue weighted by Crippen LogP contribution is 2.40. The molecular weight excluding hydrogens is 274 g/mol. The number of likely N-dealkylation sites (N-methyl/N-ethyl adjacent to an activating group) is 1. The highest BCUT2D eigenvalue weighted by atomic mass is 16.1. The molecule has 2 N–H and O–H groups in total. The van der Waals surface area contributed by atoms with Crippen LogP contribution >= 0.6 is 0 Å². The first-order chi connectivity index (χ1) is 10.7. The molecule has 0 spiro atoms. The Balaban J connectivity index is 1.91. The van der Waals surface area contributed by atoms with Gasteiger partial charge in [0.05, 0.1) is 11.1 Å². The summed E-state index contributed by atoms with van der Waals surface area (Å²) in [5.41, 5.74) is 3.89. The van der Waals surface area contributed by atoms with Crippen molar-refractivity contribution in [3.63, 3.8) is 0 Å². The molecule has 22 heavy (non-hydrogen) atoms. The van der Waals surface area contributed by atoms with E-state index in [9.17, 15) is 4.79 Å². The molecule has 116 valence electrons. The standard InChI is InChI=1S/C18H23N3O/c1-3-19-8-9-20-18(22)15-11-17(13-5-6-13)21-16-7-4-12(2)10-14(15)16/h4,7,10-11,13,19H,3,5-6,8-9H2,1-2H3,(H,20,22). The summed E-state index contributed by atoms with van der Waals surface area (Å²) >= 11 is 0. The van der Waals surface area contributed by atoms with Crippen LogP contribution in [0.3, 0.4) is 0 Å². The van der Waals surface area contributed by atoms with Crippen LogP contribution in [0.15, 0.2) is 24.3 Å². The minimum absolute atomic E-state index is 0.00203. The van der Waals surface area contributed by atoms with E-state index < -0.39 is 0 Å². The number of amides is 1. The molecule has 1 aliphatic rings. The number of rotatable bonds is 6. The lowest BCUT2D eigenvalue weighted by molar-refractivity contribution is 0.0955. The third kappa shape index (κ3) is 3.28. The molecule has 2 aromatic rings. The minimum atomic E-state index is -0.00203. The molecule has 1 heterocycles. The van der Waals surface area contributed by atoms with E-state index in [-0.39, 0.29) is 5.91 Å². The molecule has 1 amide bonds. The van der Waals surface area contributed by atoms with E-state index in [2.05, 4.69) is 29.7 Å². The second-order valence-corrected chi connectivity index (χ2v) is 6.00. The predicted molar refractivity (Wildman–Crippen MR) is 89.3 cm³/mol. The fourth-order valence-corrected chi connectivity index (χ4v) is 2.67. The van der Waals surface area contributed by atoms with Gasteiger partial charge >= 0.3 is 0 Å². The Morgan fingerprint density at radius 2 is 2.09 bits per heavy atom. The lowest BCUT2D eigenvalue weighted by Gasteiger charge is -2.11. The van der Waals surface area contributed by atoms with Crippen LogP contribution < -0.4 is 10.6 Å². The summed E-state index contributed by atoms with van der Waals surface area (Å²) in [5, 5.41) is 7.17. The minimum Gasteiger partial charge on any atom is -0.351 e. The molecule has 0 atom stereocenters. The van der Waals surface area contributed by atoms with Crippen LogP contribution in [0.5, 0.6) is 0 Å². The Morgan fingerprint density at radius 1 is 1.27 bits per heavy atom. The topological polar surface area (TPSA) is 54.0 Å². The number of hydrogen-bond acceptors (Lipinski definition) is 3. The summed E-state index contributed by atoms with van der Waals surface area (Å²) < 4.78 is 0. The van der Waals surface area contributed by atoms with E-state index >= 15 is 0 Å². The second kappa shape index (κ2) is 6.44. The van der Waals surface area contributed by atoms with Crippen molar-refractivity contribution in [2.45, 2.75) is 32.6 Å². The van der Waals surface area contributed by atoms with Gasteiger partial charge in [-0.05, 0) is 44.5 Å². The van der Waals surface area contributed by atoms with Crippen LogP contribution in [-0.4, -0.2) is 30.5 Å². The lowest BCUT2D eigenvalue weighted by Crippen LogP contribution is -2.32. The van der Waals surface area contributed by atoms with Gasteiger partial charge in [-0.1, -0.05) is 18.6 Å². The fraction of sp³-hybridized carbons (Fsp3) is 0.444. The molecule has 3 rings (SSSR count). The number of aryl methyl sites for hydroxylation is 1. The van der Waals surface area contributed by atoms with Crippen molar-refractivity contribution < 1.29 is 4.79 Å². The Labute approximate surface area is 131 Å². The van der Waals surface area contributed by atoms with E-state index in [1.807, 2.05) is 19.1 Å². The maximum atomic E-state index is 12.6. The molecule has 0 saturated heterocycles. The Morgan fingerprint density at radius 3 is 2.82 bits per heavy atom. The molecule has 4 heteroatoms. The van der Waals surface area contributed by atoms with E-state index in [1.165, 1.54) is 12.8 Å². The zero-order valence-corrected chi connectivity index (χ0v) is 13.3. The number of fused-ring (bicyclic) bond motifs is 1. The average molecular weight is 297 g/mol. The zero-order chi connectivity index (χ0) is 15.5. The third-order valence-corrected chi connectivity index (χ3v) is 4.06. The van der Waals surface area contributed by atoms with Crippen LogP contribution in [-0.2, 0) is 0 Å². The van der Waals surface area contributed by atoms with Crippen LogP contribution in [0.4, 0.5) is 0 Å². The summed E-state index contributed by atoms with van der Waals surface area (Å²) in [6, 6.07) is 8.12. The SMILES string of the molecule is CCNCCNC(=O)c1cc(C2CC2)nc2ccc(C)cc12. The van der Waals surface area contributed by atoms with E-state index in [1.54, 1.807) is 0 Å². The van der Waals surface area contributed by atoms with Gasteiger partial charge in [-0.3, -0.25) is 9.78 Å². The third-order valence-electron chi connectivity index (χ3n) is 4.06. The molecule has 0 aliphatic heterocycles. The number of benzene rings is 1. The summed E-state index contributed by atoms with van der Waals surface area (Å²) in [6.45, 7) is 6.45. The maximum Gasteiger partial charge on any atom is 0.252 e. The fourth-order valence-electron chi connectivity index (χ4n) is 2.67. The molecule has 1 aromatic heterocycles.